The van der Waals surface area contributed by atoms with Gasteiger partial charge in [0.2, 0.25) is 0 Å². The van der Waals surface area contributed by atoms with Gasteiger partial charge >= 0.3 is 5.97 Å². The molecule has 0 aromatic carbocycles. The Balaban J connectivity index is 3.12. The van der Waals surface area contributed by atoms with Crippen LogP contribution < -0.4 is 4.90 Å². The van der Waals surface area contributed by atoms with Crippen LogP contribution in [0.3, 0.4) is 0 Å². The van der Waals surface area contributed by atoms with Gasteiger partial charge in [-0.3, -0.25) is 0 Å². The van der Waals surface area contributed by atoms with E-state index in [0.717, 1.165) is 11.4 Å². The van der Waals surface area contributed by atoms with Crippen LogP contribution in [0, 0.1) is 6.92 Å². The second kappa shape index (κ2) is 5.48. The van der Waals surface area contributed by atoms with Crippen molar-refractivity contribution in [1.29, 1.82) is 0 Å². The Labute approximate surface area is 102 Å². The van der Waals surface area contributed by atoms with Crippen molar-refractivity contribution in [2.45, 2.75) is 26.8 Å². The van der Waals surface area contributed by atoms with Crippen molar-refractivity contribution >= 4 is 11.8 Å². The molecule has 4 nitrogen and oxygen atoms in total. The summed E-state index contributed by atoms with van der Waals surface area (Å²) in [5.41, 5.74) is 1.08. The maximum atomic E-state index is 10.8. The van der Waals surface area contributed by atoms with Crippen molar-refractivity contribution in [2.75, 3.05) is 11.4 Å². The second-order valence-electron chi connectivity index (χ2n) is 4.20. The highest BCUT2D eigenvalue weighted by atomic mass is 16.4. The highest BCUT2D eigenvalue weighted by Gasteiger charge is 2.14. The molecular formula is C13H18N2O2. The Kier molecular flexibility index (Phi) is 4.26. The molecule has 0 spiro atoms. The first-order valence-corrected chi connectivity index (χ1v) is 5.54. The van der Waals surface area contributed by atoms with Crippen molar-refractivity contribution in [1.82, 2.24) is 4.98 Å². The van der Waals surface area contributed by atoms with E-state index in [1.54, 1.807) is 6.07 Å². The number of hydrogen-bond donors (Lipinski definition) is 1. The van der Waals surface area contributed by atoms with Crippen LogP contribution >= 0.6 is 0 Å². The Morgan fingerprint density at radius 1 is 1.65 bits per heavy atom. The molecule has 0 saturated carbocycles. The third kappa shape index (κ3) is 3.06. The topological polar surface area (TPSA) is 53.4 Å². The number of aromatic nitrogens is 1. The number of carbonyl (C=O) groups is 1. The quantitative estimate of drug-likeness (QED) is 0.795. The SMILES string of the molecule is C=CCN(c1ncc(C(=O)O)cc1C)C(C)C. The Bertz CT molecular complexity index is 427. The van der Waals surface area contributed by atoms with Gasteiger partial charge in [-0.25, -0.2) is 9.78 Å². The lowest BCUT2D eigenvalue weighted by atomic mass is 10.2. The number of aryl methyl sites for hydroxylation is 1. The van der Waals surface area contributed by atoms with Gasteiger partial charge in [-0.2, -0.15) is 0 Å². The molecule has 0 amide bonds. The first-order chi connectivity index (χ1) is 7.97. The van der Waals surface area contributed by atoms with E-state index < -0.39 is 5.97 Å². The number of hydrogen-bond acceptors (Lipinski definition) is 3. The van der Waals surface area contributed by atoms with E-state index in [2.05, 4.69) is 30.3 Å². The molecule has 1 aromatic rings. The van der Waals surface area contributed by atoms with E-state index in [9.17, 15) is 4.79 Å². The maximum absolute atomic E-state index is 10.8. The van der Waals surface area contributed by atoms with E-state index in [-0.39, 0.29) is 11.6 Å². The van der Waals surface area contributed by atoms with Crippen molar-refractivity contribution in [3.63, 3.8) is 0 Å². The molecular weight excluding hydrogens is 216 g/mol. The lowest BCUT2D eigenvalue weighted by Crippen LogP contribution is -2.32. The van der Waals surface area contributed by atoms with Gasteiger partial charge in [0.15, 0.2) is 0 Å². The third-order valence-corrected chi connectivity index (χ3v) is 2.52. The molecule has 0 radical (unpaired) electrons. The van der Waals surface area contributed by atoms with Gasteiger partial charge in [0.05, 0.1) is 5.56 Å². The number of anilines is 1. The number of pyridine rings is 1. The fourth-order valence-corrected chi connectivity index (χ4v) is 1.67. The van der Waals surface area contributed by atoms with Gasteiger partial charge in [-0.1, -0.05) is 6.08 Å². The minimum absolute atomic E-state index is 0.216. The molecule has 1 aromatic heterocycles. The summed E-state index contributed by atoms with van der Waals surface area (Å²) in [6, 6.07) is 1.93. The van der Waals surface area contributed by atoms with Gasteiger partial charge in [0.1, 0.15) is 5.82 Å². The predicted octanol–water partition coefficient (Wildman–Crippen LogP) is 2.49. The number of carboxylic acid groups (broad SMARTS) is 1. The molecule has 4 heteroatoms. The van der Waals surface area contributed by atoms with Crippen LogP contribution in [0.2, 0.25) is 0 Å². The van der Waals surface area contributed by atoms with Gasteiger partial charge in [0, 0.05) is 18.8 Å². The van der Waals surface area contributed by atoms with E-state index >= 15 is 0 Å². The molecule has 0 aliphatic carbocycles. The molecule has 17 heavy (non-hydrogen) atoms. The van der Waals surface area contributed by atoms with Gasteiger partial charge in [-0.15, -0.1) is 6.58 Å². The van der Waals surface area contributed by atoms with Crippen LogP contribution in [0.4, 0.5) is 5.82 Å². The summed E-state index contributed by atoms with van der Waals surface area (Å²) < 4.78 is 0. The Morgan fingerprint density at radius 2 is 2.29 bits per heavy atom. The van der Waals surface area contributed by atoms with Crippen LogP contribution in [0.25, 0.3) is 0 Å². The smallest absolute Gasteiger partial charge is 0.337 e. The van der Waals surface area contributed by atoms with Gasteiger partial charge < -0.3 is 10.0 Å². The summed E-state index contributed by atoms with van der Waals surface area (Å²) in [6.45, 7) is 10.4. The standard InChI is InChI=1S/C13H18N2O2/c1-5-6-15(9(2)3)12-10(4)7-11(8-14-12)13(16)17/h5,7-9H,1,6H2,2-4H3,(H,16,17). The van der Waals surface area contributed by atoms with E-state index in [1.807, 2.05) is 13.0 Å². The molecule has 0 aliphatic rings. The molecule has 0 unspecified atom stereocenters. The minimum atomic E-state index is -0.952. The molecule has 1 N–H and O–H groups in total. The van der Waals surface area contributed by atoms with Crippen molar-refractivity contribution in [3.05, 3.63) is 36.0 Å². The molecule has 92 valence electrons. The first-order valence-electron chi connectivity index (χ1n) is 5.54. The average Bonchev–Trinajstić information content (AvgIpc) is 2.26. The van der Waals surface area contributed by atoms with Gasteiger partial charge in [-0.05, 0) is 32.4 Å². The van der Waals surface area contributed by atoms with Crippen molar-refractivity contribution in [3.8, 4) is 0 Å². The highest BCUT2D eigenvalue weighted by molar-refractivity contribution is 5.87. The Morgan fingerprint density at radius 3 is 2.71 bits per heavy atom. The van der Waals surface area contributed by atoms with Gasteiger partial charge in [0.25, 0.3) is 0 Å². The monoisotopic (exact) mass is 234 g/mol. The summed E-state index contributed by atoms with van der Waals surface area (Å²) in [6.07, 6.45) is 3.20. The molecule has 1 heterocycles. The molecule has 0 saturated heterocycles. The number of nitrogens with zero attached hydrogens (tertiary/aromatic N) is 2. The van der Waals surface area contributed by atoms with Crippen LogP contribution in [-0.4, -0.2) is 28.6 Å². The summed E-state index contributed by atoms with van der Waals surface area (Å²) in [7, 11) is 0. The number of rotatable bonds is 5. The first kappa shape index (κ1) is 13.2. The van der Waals surface area contributed by atoms with E-state index in [1.165, 1.54) is 6.20 Å². The maximum Gasteiger partial charge on any atom is 0.337 e. The normalized spacial score (nSPS) is 10.4. The zero-order chi connectivity index (χ0) is 13.0. The van der Waals surface area contributed by atoms with Crippen molar-refractivity contribution in [2.24, 2.45) is 0 Å². The van der Waals surface area contributed by atoms with Crippen molar-refractivity contribution < 1.29 is 9.90 Å². The summed E-state index contributed by atoms with van der Waals surface area (Å²) >= 11 is 0. The lowest BCUT2D eigenvalue weighted by Gasteiger charge is -2.28. The predicted molar refractivity (Wildman–Crippen MR) is 68.6 cm³/mol. The Hall–Kier alpha value is -1.84. The average molecular weight is 234 g/mol. The summed E-state index contributed by atoms with van der Waals surface area (Å²) in [5.74, 6) is -0.142. The molecule has 0 aliphatic heterocycles. The number of carboxylic acids is 1. The van der Waals surface area contributed by atoms with Crippen LogP contribution in [0.1, 0.15) is 29.8 Å². The minimum Gasteiger partial charge on any atom is -0.478 e. The summed E-state index contributed by atoms with van der Waals surface area (Å²) in [4.78, 5) is 17.1. The number of aromatic carboxylic acids is 1. The lowest BCUT2D eigenvalue weighted by molar-refractivity contribution is 0.0696. The van der Waals surface area contributed by atoms with Crippen LogP contribution in [0.5, 0.6) is 0 Å². The van der Waals surface area contributed by atoms with E-state index in [4.69, 9.17) is 5.11 Å². The van der Waals surface area contributed by atoms with Crippen LogP contribution in [-0.2, 0) is 0 Å². The van der Waals surface area contributed by atoms with E-state index in [0.29, 0.717) is 6.54 Å². The fourth-order valence-electron chi connectivity index (χ4n) is 1.67. The zero-order valence-electron chi connectivity index (χ0n) is 10.5. The molecule has 0 bridgehead atoms. The molecule has 1 rings (SSSR count). The zero-order valence-corrected chi connectivity index (χ0v) is 10.5. The fraction of sp³-hybridized carbons (Fsp3) is 0.385. The largest absolute Gasteiger partial charge is 0.478 e. The van der Waals surface area contributed by atoms with Crippen LogP contribution in [0.15, 0.2) is 24.9 Å². The second-order valence-corrected chi connectivity index (χ2v) is 4.20. The molecule has 0 fully saturated rings. The highest BCUT2D eigenvalue weighted by Crippen LogP contribution is 2.20. The third-order valence-electron chi connectivity index (χ3n) is 2.52. The summed E-state index contributed by atoms with van der Waals surface area (Å²) in [5, 5.41) is 8.88. The molecule has 0 atom stereocenters.